The number of aromatic nitrogens is 2. The molecule has 1 amide bonds. The third-order valence-electron chi connectivity index (χ3n) is 4.29. The molecule has 0 atom stereocenters. The van der Waals surface area contributed by atoms with E-state index in [0.29, 0.717) is 12.3 Å². The molecule has 0 spiro atoms. The fraction of sp³-hybridized carbons (Fsp3) is 0.389. The Morgan fingerprint density at radius 2 is 2.04 bits per heavy atom. The number of carbonyl (C=O) groups excluding carboxylic acids is 2. The number of aryl methyl sites for hydroxylation is 1. The van der Waals surface area contributed by atoms with Crippen LogP contribution in [0.15, 0.2) is 30.5 Å². The molecular weight excluding hydrogens is 379 g/mol. The summed E-state index contributed by atoms with van der Waals surface area (Å²) in [6.07, 6.45) is -2.00. The fourth-order valence-corrected chi connectivity index (χ4v) is 2.96. The second kappa shape index (κ2) is 7.91. The van der Waals surface area contributed by atoms with Gasteiger partial charge in [-0.25, -0.2) is 0 Å². The summed E-state index contributed by atoms with van der Waals surface area (Å²) < 4.78 is 48.5. The lowest BCUT2D eigenvalue weighted by molar-refractivity contribution is -0.149. The quantitative estimate of drug-likeness (QED) is 0.725. The second-order valence-electron chi connectivity index (χ2n) is 6.20. The minimum Gasteiger partial charge on any atom is -0.497 e. The van der Waals surface area contributed by atoms with E-state index in [4.69, 9.17) is 9.47 Å². The van der Waals surface area contributed by atoms with Crippen LogP contribution >= 0.6 is 0 Å². The number of esters is 1. The number of halogens is 3. The highest BCUT2D eigenvalue weighted by molar-refractivity contribution is 5.96. The number of ether oxygens (including phenoxy) is 2. The Balaban J connectivity index is 1.57. The van der Waals surface area contributed by atoms with Crippen LogP contribution in [-0.2, 0) is 33.5 Å². The zero-order chi connectivity index (χ0) is 20.3. The number of hydrogen-bond acceptors (Lipinski definition) is 5. The monoisotopic (exact) mass is 397 g/mol. The molecule has 0 radical (unpaired) electrons. The molecule has 1 aromatic heterocycles. The smallest absolute Gasteiger partial charge is 0.435 e. The molecule has 1 aliphatic heterocycles. The molecule has 0 saturated carbocycles. The number of carbonyl (C=O) groups is 2. The molecule has 2 aromatic rings. The molecule has 0 aliphatic carbocycles. The molecule has 3 rings (SSSR count). The summed E-state index contributed by atoms with van der Waals surface area (Å²) in [5.74, 6) is -0.565. The molecule has 0 fully saturated rings. The van der Waals surface area contributed by atoms with Crippen molar-refractivity contribution in [1.82, 2.24) is 9.78 Å². The maximum absolute atomic E-state index is 12.5. The van der Waals surface area contributed by atoms with Gasteiger partial charge in [0.05, 0.1) is 7.11 Å². The van der Waals surface area contributed by atoms with E-state index in [1.54, 1.807) is 19.2 Å². The Hall–Kier alpha value is -3.04. The van der Waals surface area contributed by atoms with Gasteiger partial charge in [0.1, 0.15) is 12.3 Å². The second-order valence-corrected chi connectivity index (χ2v) is 6.20. The Morgan fingerprint density at radius 3 is 2.71 bits per heavy atom. The molecule has 0 bridgehead atoms. The van der Waals surface area contributed by atoms with E-state index in [2.05, 4.69) is 5.10 Å². The molecule has 7 nitrogen and oxygen atoms in total. The van der Waals surface area contributed by atoms with Crippen molar-refractivity contribution in [2.75, 3.05) is 25.2 Å². The van der Waals surface area contributed by atoms with Crippen LogP contribution < -0.4 is 9.64 Å². The first kappa shape index (κ1) is 19.7. The standard InChI is InChI=1S/C18H18F3N3O4/c1-27-13-4-5-14-12(9-13)3-2-7-24(14)16(25)11-28-17(26)10-23-8-6-15(22-23)18(19,20)21/h4-6,8-9H,2-3,7,10-11H2,1H3. The molecule has 1 aromatic carbocycles. The van der Waals surface area contributed by atoms with Gasteiger partial charge >= 0.3 is 12.1 Å². The van der Waals surface area contributed by atoms with Crippen molar-refractivity contribution in [2.24, 2.45) is 0 Å². The molecule has 28 heavy (non-hydrogen) atoms. The maximum atomic E-state index is 12.5. The van der Waals surface area contributed by atoms with Gasteiger partial charge in [0.15, 0.2) is 12.3 Å². The van der Waals surface area contributed by atoms with Gasteiger partial charge in [-0.2, -0.15) is 18.3 Å². The SMILES string of the molecule is COc1ccc2c(c1)CCCN2C(=O)COC(=O)Cn1ccc(C(F)(F)F)n1. The van der Waals surface area contributed by atoms with E-state index in [0.717, 1.165) is 41.0 Å². The van der Waals surface area contributed by atoms with Crippen LogP contribution in [0.25, 0.3) is 0 Å². The average molecular weight is 397 g/mol. The van der Waals surface area contributed by atoms with Crippen molar-refractivity contribution in [2.45, 2.75) is 25.6 Å². The van der Waals surface area contributed by atoms with E-state index < -0.39 is 36.9 Å². The van der Waals surface area contributed by atoms with Gasteiger partial charge in [0, 0.05) is 18.4 Å². The Labute approximate surface area is 158 Å². The third kappa shape index (κ3) is 4.44. The van der Waals surface area contributed by atoms with Gasteiger partial charge in [-0.3, -0.25) is 14.3 Å². The first-order chi connectivity index (χ1) is 13.3. The predicted molar refractivity (Wildman–Crippen MR) is 91.9 cm³/mol. The molecule has 1 aliphatic rings. The van der Waals surface area contributed by atoms with Crippen LogP contribution in [0.1, 0.15) is 17.7 Å². The van der Waals surface area contributed by atoms with Crippen molar-refractivity contribution >= 4 is 17.6 Å². The average Bonchev–Trinajstić information content (AvgIpc) is 3.14. The van der Waals surface area contributed by atoms with E-state index in [9.17, 15) is 22.8 Å². The first-order valence-electron chi connectivity index (χ1n) is 8.51. The Bertz CT molecular complexity index is 879. The van der Waals surface area contributed by atoms with Gasteiger partial charge in [-0.15, -0.1) is 0 Å². The van der Waals surface area contributed by atoms with Crippen molar-refractivity contribution in [1.29, 1.82) is 0 Å². The zero-order valence-corrected chi connectivity index (χ0v) is 15.0. The summed E-state index contributed by atoms with van der Waals surface area (Å²) in [5, 5.41) is 3.27. The lowest BCUT2D eigenvalue weighted by atomic mass is 10.0. The molecule has 10 heteroatoms. The predicted octanol–water partition coefficient (Wildman–Crippen LogP) is 2.43. The Morgan fingerprint density at radius 1 is 1.25 bits per heavy atom. The molecule has 2 heterocycles. The van der Waals surface area contributed by atoms with Crippen LogP contribution in [0.5, 0.6) is 5.75 Å². The van der Waals surface area contributed by atoms with Crippen LogP contribution in [-0.4, -0.2) is 41.9 Å². The van der Waals surface area contributed by atoms with Crippen LogP contribution in [0.2, 0.25) is 0 Å². The highest BCUT2D eigenvalue weighted by Gasteiger charge is 2.33. The summed E-state index contributed by atoms with van der Waals surface area (Å²) >= 11 is 0. The summed E-state index contributed by atoms with van der Waals surface area (Å²) in [6.45, 7) is -0.529. The Kier molecular flexibility index (Phi) is 5.57. The van der Waals surface area contributed by atoms with Crippen molar-refractivity contribution < 1.29 is 32.2 Å². The highest BCUT2D eigenvalue weighted by atomic mass is 19.4. The third-order valence-corrected chi connectivity index (χ3v) is 4.29. The largest absolute Gasteiger partial charge is 0.497 e. The van der Waals surface area contributed by atoms with Gasteiger partial charge < -0.3 is 14.4 Å². The zero-order valence-electron chi connectivity index (χ0n) is 15.0. The molecule has 0 N–H and O–H groups in total. The topological polar surface area (TPSA) is 73.7 Å². The fourth-order valence-electron chi connectivity index (χ4n) is 2.96. The summed E-state index contributed by atoms with van der Waals surface area (Å²) in [7, 11) is 1.56. The molecule has 0 saturated heterocycles. The summed E-state index contributed by atoms with van der Waals surface area (Å²) in [5.41, 5.74) is 0.591. The number of anilines is 1. The summed E-state index contributed by atoms with van der Waals surface area (Å²) in [4.78, 5) is 25.8. The minimum atomic E-state index is -4.59. The normalized spacial score (nSPS) is 13.8. The van der Waals surface area contributed by atoms with Crippen LogP contribution in [0.4, 0.5) is 18.9 Å². The van der Waals surface area contributed by atoms with Gasteiger partial charge in [-0.1, -0.05) is 0 Å². The maximum Gasteiger partial charge on any atom is 0.435 e. The van der Waals surface area contributed by atoms with E-state index in [-0.39, 0.29) is 0 Å². The minimum absolute atomic E-state index is 0.407. The number of methoxy groups -OCH3 is 1. The van der Waals surface area contributed by atoms with Crippen molar-refractivity contribution in [3.8, 4) is 5.75 Å². The number of amides is 1. The number of nitrogens with zero attached hydrogens (tertiary/aromatic N) is 3. The van der Waals surface area contributed by atoms with Gasteiger partial charge in [0.2, 0.25) is 0 Å². The van der Waals surface area contributed by atoms with E-state index in [1.807, 2.05) is 6.07 Å². The molecule has 150 valence electrons. The van der Waals surface area contributed by atoms with Gasteiger partial charge in [-0.05, 0) is 42.7 Å². The lowest BCUT2D eigenvalue weighted by Gasteiger charge is -2.29. The van der Waals surface area contributed by atoms with Crippen molar-refractivity contribution in [3.63, 3.8) is 0 Å². The van der Waals surface area contributed by atoms with Gasteiger partial charge in [0.25, 0.3) is 5.91 Å². The number of fused-ring (bicyclic) bond motifs is 1. The van der Waals surface area contributed by atoms with Crippen LogP contribution in [0.3, 0.4) is 0 Å². The number of alkyl halides is 3. The number of hydrogen-bond donors (Lipinski definition) is 0. The highest BCUT2D eigenvalue weighted by Crippen LogP contribution is 2.30. The molecular formula is C18H18F3N3O4. The summed E-state index contributed by atoms with van der Waals surface area (Å²) in [6, 6.07) is 6.13. The van der Waals surface area contributed by atoms with E-state index >= 15 is 0 Å². The first-order valence-corrected chi connectivity index (χ1v) is 8.51. The lowest BCUT2D eigenvalue weighted by Crippen LogP contribution is -2.38. The number of benzene rings is 1. The van der Waals surface area contributed by atoms with Crippen molar-refractivity contribution in [3.05, 3.63) is 41.7 Å². The number of rotatable bonds is 5. The van der Waals surface area contributed by atoms with Crippen LogP contribution in [0, 0.1) is 0 Å². The molecule has 0 unspecified atom stereocenters. The van der Waals surface area contributed by atoms with E-state index in [1.165, 1.54) is 4.90 Å².